The van der Waals surface area contributed by atoms with Crippen LogP contribution in [0.3, 0.4) is 0 Å². The molecule has 0 bridgehead atoms. The first kappa shape index (κ1) is 19.3. The number of nitrogens with one attached hydrogen (secondary N) is 1. The molecule has 3 rings (SSSR count). The zero-order valence-electron chi connectivity index (χ0n) is 14.3. The van der Waals surface area contributed by atoms with Crippen LogP contribution in [-0.2, 0) is 24.8 Å². The summed E-state index contributed by atoms with van der Waals surface area (Å²) in [5.74, 6) is 0.0323. The minimum atomic E-state index is -3.86. The van der Waals surface area contributed by atoms with Crippen molar-refractivity contribution in [2.45, 2.75) is 29.1 Å². The van der Waals surface area contributed by atoms with Crippen molar-refractivity contribution in [1.29, 1.82) is 0 Å². The molecule has 0 radical (unpaired) electrons. The number of hydrogen-bond donors (Lipinski definition) is 2. The first-order chi connectivity index (χ1) is 12.7. The summed E-state index contributed by atoms with van der Waals surface area (Å²) in [4.78, 5) is 13.5. The normalized spacial score (nSPS) is 15.6. The van der Waals surface area contributed by atoms with Crippen molar-refractivity contribution >= 4 is 37.3 Å². The average Bonchev–Trinajstić information content (AvgIpc) is 2.62. The zero-order valence-corrected chi connectivity index (χ0v) is 16.0. The summed E-state index contributed by atoms with van der Waals surface area (Å²) >= 11 is 0. The van der Waals surface area contributed by atoms with Gasteiger partial charge in [-0.3, -0.25) is 9.52 Å². The van der Waals surface area contributed by atoms with Gasteiger partial charge < -0.3 is 4.90 Å². The van der Waals surface area contributed by atoms with E-state index >= 15 is 0 Å². The third-order valence-electron chi connectivity index (χ3n) is 4.22. The predicted molar refractivity (Wildman–Crippen MR) is 101 cm³/mol. The lowest BCUT2D eigenvalue weighted by Gasteiger charge is -2.26. The minimum Gasteiger partial charge on any atom is -0.312 e. The van der Waals surface area contributed by atoms with Crippen molar-refractivity contribution in [3.63, 3.8) is 0 Å². The second-order valence-corrected chi connectivity index (χ2v) is 9.42. The molecule has 0 spiro atoms. The van der Waals surface area contributed by atoms with E-state index < -0.39 is 20.0 Å². The van der Waals surface area contributed by atoms with E-state index in [9.17, 15) is 21.6 Å². The maximum absolute atomic E-state index is 12.5. The Kier molecular flexibility index (Phi) is 5.22. The van der Waals surface area contributed by atoms with E-state index in [4.69, 9.17) is 5.14 Å². The number of carbonyl (C=O) groups is 1. The van der Waals surface area contributed by atoms with Crippen molar-refractivity contribution in [3.8, 4) is 0 Å². The summed E-state index contributed by atoms with van der Waals surface area (Å²) in [6.07, 6.45) is 2.29. The van der Waals surface area contributed by atoms with Gasteiger partial charge in [-0.25, -0.2) is 22.0 Å². The molecular weight excluding hydrogens is 390 g/mol. The molecule has 3 N–H and O–H groups in total. The molecule has 8 nitrogen and oxygen atoms in total. The number of anilines is 2. The summed E-state index contributed by atoms with van der Waals surface area (Å²) in [5.41, 5.74) is 0.869. The Labute approximate surface area is 158 Å². The van der Waals surface area contributed by atoms with E-state index in [1.165, 1.54) is 36.4 Å². The van der Waals surface area contributed by atoms with Crippen molar-refractivity contribution in [2.75, 3.05) is 16.2 Å². The SMILES string of the molecule is NS(=O)(=O)c1ccc(NS(=O)(=O)c2ccc(N3CCCCC3=O)cc2)cc1. The highest BCUT2D eigenvalue weighted by atomic mass is 32.2. The molecule has 0 aromatic heterocycles. The topological polar surface area (TPSA) is 127 Å². The van der Waals surface area contributed by atoms with Gasteiger partial charge in [0.25, 0.3) is 10.0 Å². The minimum absolute atomic E-state index is 0.0323. The van der Waals surface area contributed by atoms with Gasteiger partial charge in [0.2, 0.25) is 15.9 Å². The van der Waals surface area contributed by atoms with Crippen molar-refractivity contribution in [3.05, 3.63) is 48.5 Å². The number of primary sulfonamides is 1. The fourth-order valence-electron chi connectivity index (χ4n) is 2.81. The number of nitrogens with two attached hydrogens (primary N) is 1. The Morgan fingerprint density at radius 3 is 2.00 bits per heavy atom. The van der Waals surface area contributed by atoms with Gasteiger partial charge in [0.1, 0.15) is 0 Å². The number of sulfonamides is 2. The Morgan fingerprint density at radius 1 is 0.852 bits per heavy atom. The van der Waals surface area contributed by atoms with Crippen molar-refractivity contribution in [2.24, 2.45) is 5.14 Å². The van der Waals surface area contributed by atoms with Crippen LogP contribution in [0.25, 0.3) is 0 Å². The molecule has 2 aromatic rings. The van der Waals surface area contributed by atoms with Crippen LogP contribution in [-0.4, -0.2) is 29.3 Å². The standard InChI is InChI=1S/C17H19N3O5S2/c18-26(22,23)15-8-4-13(5-9-15)19-27(24,25)16-10-6-14(7-11-16)20-12-2-1-3-17(20)21/h4-11,19H,1-3,12H2,(H2,18,22,23). The Balaban J connectivity index is 1.77. The number of carbonyl (C=O) groups excluding carboxylic acids is 1. The number of benzene rings is 2. The lowest BCUT2D eigenvalue weighted by molar-refractivity contribution is -0.119. The Hall–Kier alpha value is -2.43. The number of nitrogens with zero attached hydrogens (tertiary/aromatic N) is 1. The van der Waals surface area contributed by atoms with Gasteiger partial charge in [-0.05, 0) is 61.4 Å². The molecule has 2 aromatic carbocycles. The second-order valence-electron chi connectivity index (χ2n) is 6.17. The summed E-state index contributed by atoms with van der Waals surface area (Å²) in [6.45, 7) is 0.625. The molecule has 0 aliphatic carbocycles. The highest BCUT2D eigenvalue weighted by molar-refractivity contribution is 7.92. The average molecular weight is 409 g/mol. The first-order valence-electron chi connectivity index (χ1n) is 8.23. The number of amides is 1. The maximum Gasteiger partial charge on any atom is 0.261 e. The van der Waals surface area contributed by atoms with Crippen LogP contribution in [0, 0.1) is 0 Å². The first-order valence-corrected chi connectivity index (χ1v) is 11.3. The number of piperidine rings is 1. The fourth-order valence-corrected chi connectivity index (χ4v) is 4.38. The van der Waals surface area contributed by atoms with Crippen LogP contribution in [0.4, 0.5) is 11.4 Å². The summed E-state index contributed by atoms with van der Waals surface area (Å²) in [6, 6.07) is 11.1. The Morgan fingerprint density at radius 2 is 1.44 bits per heavy atom. The van der Waals surface area contributed by atoms with Gasteiger partial charge in [-0.2, -0.15) is 0 Å². The maximum atomic E-state index is 12.5. The molecule has 10 heteroatoms. The summed E-state index contributed by atoms with van der Waals surface area (Å²) in [5, 5.41) is 5.02. The number of hydrogen-bond acceptors (Lipinski definition) is 5. The molecule has 27 heavy (non-hydrogen) atoms. The van der Waals surface area contributed by atoms with Crippen molar-refractivity contribution in [1.82, 2.24) is 0 Å². The molecule has 0 atom stereocenters. The van der Waals surface area contributed by atoms with Crippen LogP contribution in [0.5, 0.6) is 0 Å². The molecule has 1 fully saturated rings. The molecular formula is C17H19N3O5S2. The Bertz CT molecular complexity index is 1050. The van der Waals surface area contributed by atoms with E-state index in [0.717, 1.165) is 12.8 Å². The van der Waals surface area contributed by atoms with Gasteiger partial charge in [0, 0.05) is 24.3 Å². The lowest BCUT2D eigenvalue weighted by Crippen LogP contribution is -2.35. The molecule has 1 heterocycles. The second kappa shape index (κ2) is 7.29. The lowest BCUT2D eigenvalue weighted by atomic mass is 10.1. The van der Waals surface area contributed by atoms with Gasteiger partial charge in [-0.1, -0.05) is 0 Å². The monoisotopic (exact) mass is 409 g/mol. The highest BCUT2D eigenvalue weighted by Gasteiger charge is 2.21. The molecule has 0 saturated carbocycles. The molecule has 0 unspecified atom stereocenters. The van der Waals surface area contributed by atoms with Gasteiger partial charge >= 0.3 is 0 Å². The van der Waals surface area contributed by atoms with Crippen LogP contribution >= 0.6 is 0 Å². The molecule has 1 amide bonds. The van der Waals surface area contributed by atoms with E-state index in [1.807, 2.05) is 0 Å². The van der Waals surface area contributed by atoms with E-state index in [2.05, 4.69) is 4.72 Å². The highest BCUT2D eigenvalue weighted by Crippen LogP contribution is 2.24. The predicted octanol–water partition coefficient (Wildman–Crippen LogP) is 1.65. The smallest absolute Gasteiger partial charge is 0.261 e. The van der Waals surface area contributed by atoms with Crippen molar-refractivity contribution < 1.29 is 21.6 Å². The van der Waals surface area contributed by atoms with Crippen LogP contribution in [0.1, 0.15) is 19.3 Å². The van der Waals surface area contributed by atoms with Gasteiger partial charge in [0.05, 0.1) is 9.79 Å². The largest absolute Gasteiger partial charge is 0.312 e. The fraction of sp³-hybridized carbons (Fsp3) is 0.235. The number of rotatable bonds is 5. The molecule has 1 aliphatic rings. The van der Waals surface area contributed by atoms with E-state index in [-0.39, 0.29) is 21.4 Å². The molecule has 1 aliphatic heterocycles. The molecule has 1 saturated heterocycles. The molecule has 144 valence electrons. The third kappa shape index (κ3) is 4.46. The van der Waals surface area contributed by atoms with Gasteiger partial charge in [-0.15, -0.1) is 0 Å². The summed E-state index contributed by atoms with van der Waals surface area (Å²) < 4.78 is 49.9. The summed E-state index contributed by atoms with van der Waals surface area (Å²) in [7, 11) is -7.70. The van der Waals surface area contributed by atoms with E-state index in [1.54, 1.807) is 17.0 Å². The zero-order chi connectivity index (χ0) is 19.7. The van der Waals surface area contributed by atoms with E-state index in [0.29, 0.717) is 18.7 Å². The van der Waals surface area contributed by atoms with Crippen LogP contribution in [0.15, 0.2) is 58.3 Å². The van der Waals surface area contributed by atoms with Crippen LogP contribution in [0.2, 0.25) is 0 Å². The van der Waals surface area contributed by atoms with Gasteiger partial charge in [0.15, 0.2) is 0 Å². The van der Waals surface area contributed by atoms with Crippen LogP contribution < -0.4 is 14.8 Å². The third-order valence-corrected chi connectivity index (χ3v) is 6.54. The quantitative estimate of drug-likeness (QED) is 0.776.